The molecule has 1 aliphatic heterocycles. The zero-order chi connectivity index (χ0) is 14.2. The van der Waals surface area contributed by atoms with Crippen LogP contribution in [0.1, 0.15) is 34.4 Å². The summed E-state index contributed by atoms with van der Waals surface area (Å²) in [6, 6.07) is 8.16. The Hall–Kier alpha value is -1.86. The van der Waals surface area contributed by atoms with Crippen molar-refractivity contribution in [2.75, 3.05) is 6.54 Å². The molecule has 106 valence electrons. The van der Waals surface area contributed by atoms with Crippen LogP contribution in [-0.4, -0.2) is 31.1 Å². The van der Waals surface area contributed by atoms with Gasteiger partial charge in [-0.05, 0) is 25.0 Å². The van der Waals surface area contributed by atoms with Gasteiger partial charge < -0.3 is 4.90 Å². The molecule has 1 aliphatic rings. The van der Waals surface area contributed by atoms with Crippen LogP contribution in [0.5, 0.6) is 0 Å². The molecule has 3 aromatic rings. The molecular weight excluding hydrogens is 304 g/mol. The van der Waals surface area contributed by atoms with Crippen LogP contribution in [0, 0.1) is 0 Å². The van der Waals surface area contributed by atoms with Crippen LogP contribution < -0.4 is 0 Å². The number of benzene rings is 1. The zero-order valence-electron chi connectivity index (χ0n) is 11.1. The van der Waals surface area contributed by atoms with Gasteiger partial charge in [0, 0.05) is 6.54 Å². The molecule has 0 radical (unpaired) electrons. The molecular formula is C14H12N4OS2. The van der Waals surface area contributed by atoms with E-state index < -0.39 is 0 Å². The fourth-order valence-corrected chi connectivity index (χ4v) is 4.23. The van der Waals surface area contributed by atoms with E-state index in [4.69, 9.17) is 4.98 Å². The maximum Gasteiger partial charge on any atom is 0.275 e. The van der Waals surface area contributed by atoms with Crippen LogP contribution in [0.2, 0.25) is 0 Å². The second-order valence-corrected chi connectivity index (χ2v) is 6.59. The van der Waals surface area contributed by atoms with Gasteiger partial charge in [0.1, 0.15) is 5.01 Å². The number of aromatic nitrogens is 3. The van der Waals surface area contributed by atoms with Gasteiger partial charge in [-0.2, -0.15) is 8.75 Å². The smallest absolute Gasteiger partial charge is 0.275 e. The van der Waals surface area contributed by atoms with Gasteiger partial charge in [0.05, 0.1) is 34.2 Å². The lowest BCUT2D eigenvalue weighted by Crippen LogP contribution is -2.30. The van der Waals surface area contributed by atoms with Gasteiger partial charge in [-0.1, -0.05) is 12.1 Å². The third-order valence-electron chi connectivity index (χ3n) is 3.69. The number of para-hydroxylation sites is 1. The lowest BCUT2D eigenvalue weighted by atomic mass is 10.2. The minimum atomic E-state index is -0.0366. The molecule has 7 heteroatoms. The lowest BCUT2D eigenvalue weighted by molar-refractivity contribution is 0.0730. The Balaban J connectivity index is 1.68. The van der Waals surface area contributed by atoms with E-state index in [-0.39, 0.29) is 11.9 Å². The van der Waals surface area contributed by atoms with E-state index in [9.17, 15) is 4.79 Å². The summed E-state index contributed by atoms with van der Waals surface area (Å²) in [7, 11) is 0. The van der Waals surface area contributed by atoms with E-state index in [1.165, 1.54) is 4.70 Å². The summed E-state index contributed by atoms with van der Waals surface area (Å²) < 4.78 is 9.14. The van der Waals surface area contributed by atoms with Crippen molar-refractivity contribution in [2.24, 2.45) is 0 Å². The average molecular weight is 316 g/mol. The molecule has 0 N–H and O–H groups in total. The Bertz CT molecular complexity index is 750. The van der Waals surface area contributed by atoms with Gasteiger partial charge in [0.15, 0.2) is 5.69 Å². The summed E-state index contributed by atoms with van der Waals surface area (Å²) in [5.74, 6) is -0.0366. The highest BCUT2D eigenvalue weighted by atomic mass is 32.1. The Morgan fingerprint density at radius 2 is 2.24 bits per heavy atom. The first-order chi connectivity index (χ1) is 10.3. The minimum Gasteiger partial charge on any atom is -0.328 e. The summed E-state index contributed by atoms with van der Waals surface area (Å²) in [5.41, 5.74) is 1.44. The largest absolute Gasteiger partial charge is 0.328 e. The number of rotatable bonds is 2. The first-order valence-electron chi connectivity index (χ1n) is 6.77. The Kier molecular flexibility index (Phi) is 3.16. The van der Waals surface area contributed by atoms with Gasteiger partial charge in [-0.3, -0.25) is 4.79 Å². The van der Waals surface area contributed by atoms with Crippen LogP contribution in [0.15, 0.2) is 30.5 Å². The lowest BCUT2D eigenvalue weighted by Gasteiger charge is -2.21. The summed E-state index contributed by atoms with van der Waals surface area (Å²) in [6.07, 6.45) is 3.51. The van der Waals surface area contributed by atoms with Gasteiger partial charge in [-0.25, -0.2) is 4.98 Å². The quantitative estimate of drug-likeness (QED) is 0.729. The maximum absolute atomic E-state index is 12.5. The molecule has 0 aliphatic carbocycles. The van der Waals surface area contributed by atoms with Crippen molar-refractivity contribution in [3.63, 3.8) is 0 Å². The average Bonchev–Trinajstić information content (AvgIpc) is 3.24. The Labute approximate surface area is 129 Å². The van der Waals surface area contributed by atoms with Crippen LogP contribution >= 0.6 is 23.1 Å². The predicted octanol–water partition coefficient (Wildman–Crippen LogP) is 3.13. The molecule has 4 rings (SSSR count). The van der Waals surface area contributed by atoms with Crippen molar-refractivity contribution in [3.8, 4) is 0 Å². The summed E-state index contributed by atoms with van der Waals surface area (Å²) >= 11 is 2.74. The zero-order valence-corrected chi connectivity index (χ0v) is 12.7. The van der Waals surface area contributed by atoms with E-state index >= 15 is 0 Å². The van der Waals surface area contributed by atoms with Gasteiger partial charge in [-0.15, -0.1) is 11.3 Å². The third-order valence-corrected chi connectivity index (χ3v) is 5.31. The molecule has 0 saturated carbocycles. The van der Waals surface area contributed by atoms with E-state index in [0.29, 0.717) is 5.69 Å². The van der Waals surface area contributed by atoms with E-state index in [1.54, 1.807) is 17.5 Å². The van der Waals surface area contributed by atoms with Crippen LogP contribution in [-0.2, 0) is 0 Å². The second-order valence-electron chi connectivity index (χ2n) is 4.97. The first kappa shape index (κ1) is 12.8. The topological polar surface area (TPSA) is 59.0 Å². The highest BCUT2D eigenvalue weighted by Gasteiger charge is 2.33. The van der Waals surface area contributed by atoms with Crippen molar-refractivity contribution in [1.82, 2.24) is 18.6 Å². The third kappa shape index (κ3) is 2.22. The monoisotopic (exact) mass is 316 g/mol. The Morgan fingerprint density at radius 3 is 3.05 bits per heavy atom. The molecule has 1 atom stereocenters. The second kappa shape index (κ2) is 5.16. The van der Waals surface area contributed by atoms with Crippen molar-refractivity contribution in [3.05, 3.63) is 41.2 Å². The molecule has 1 amide bonds. The highest BCUT2D eigenvalue weighted by Crippen LogP contribution is 2.37. The number of amides is 1. The number of carbonyl (C=O) groups excluding carboxylic acids is 1. The number of hydrogen-bond donors (Lipinski definition) is 0. The van der Waals surface area contributed by atoms with Crippen LogP contribution in [0.3, 0.4) is 0 Å². The van der Waals surface area contributed by atoms with Gasteiger partial charge >= 0.3 is 0 Å². The molecule has 0 spiro atoms. The van der Waals surface area contributed by atoms with E-state index in [2.05, 4.69) is 14.8 Å². The van der Waals surface area contributed by atoms with Crippen molar-refractivity contribution in [1.29, 1.82) is 0 Å². The molecule has 1 unspecified atom stereocenters. The van der Waals surface area contributed by atoms with Crippen molar-refractivity contribution < 1.29 is 4.79 Å². The normalized spacial score (nSPS) is 18.5. The maximum atomic E-state index is 12.5. The number of fused-ring (bicyclic) bond motifs is 1. The van der Waals surface area contributed by atoms with Crippen molar-refractivity contribution in [2.45, 2.75) is 18.9 Å². The standard InChI is InChI=1S/C14H12N4OS2/c19-14(10-8-15-21-17-10)18-7-3-5-11(18)13-16-9-4-1-2-6-12(9)20-13/h1-2,4,6,8,11H,3,5,7H2. The van der Waals surface area contributed by atoms with Crippen LogP contribution in [0.4, 0.5) is 0 Å². The molecule has 1 aromatic carbocycles. The van der Waals surface area contributed by atoms with Crippen LogP contribution in [0.25, 0.3) is 10.2 Å². The summed E-state index contributed by atoms with van der Waals surface area (Å²) in [6.45, 7) is 0.761. The Morgan fingerprint density at radius 1 is 1.33 bits per heavy atom. The molecule has 0 bridgehead atoms. The first-order valence-corrected chi connectivity index (χ1v) is 8.31. The van der Waals surface area contributed by atoms with Gasteiger partial charge in [0.25, 0.3) is 5.91 Å². The molecule has 21 heavy (non-hydrogen) atoms. The summed E-state index contributed by atoms with van der Waals surface area (Å²) in [5, 5.41) is 1.02. The number of thiazole rings is 1. The number of hydrogen-bond acceptors (Lipinski definition) is 6. The molecule has 2 aromatic heterocycles. The fraction of sp³-hybridized carbons (Fsp3) is 0.286. The van der Waals surface area contributed by atoms with Crippen molar-refractivity contribution >= 4 is 39.2 Å². The molecule has 1 fully saturated rings. The number of likely N-dealkylation sites (tertiary alicyclic amines) is 1. The molecule has 1 saturated heterocycles. The fourth-order valence-electron chi connectivity index (χ4n) is 2.71. The summed E-state index contributed by atoms with van der Waals surface area (Å²) in [4.78, 5) is 19.1. The molecule has 3 heterocycles. The number of carbonyl (C=O) groups is 1. The van der Waals surface area contributed by atoms with Gasteiger partial charge in [0.2, 0.25) is 0 Å². The van der Waals surface area contributed by atoms with E-state index in [1.807, 2.05) is 23.1 Å². The van der Waals surface area contributed by atoms with E-state index in [0.717, 1.165) is 41.6 Å². The molecule has 5 nitrogen and oxygen atoms in total. The minimum absolute atomic E-state index is 0.0366. The number of nitrogens with zero attached hydrogens (tertiary/aromatic N) is 4. The SMILES string of the molecule is O=C(c1cnsn1)N1CCCC1c1nc2ccccc2s1. The predicted molar refractivity (Wildman–Crippen MR) is 82.5 cm³/mol. The highest BCUT2D eigenvalue weighted by molar-refractivity contribution is 7.18.